The number of nitrogens with two attached hydrogens (primary N) is 1. The number of aliphatic hydroxyl groups excluding tert-OH is 1. The topological polar surface area (TPSA) is 85.0 Å². The van der Waals surface area contributed by atoms with Gasteiger partial charge in [-0.1, -0.05) is 54.6 Å². The Balaban J connectivity index is 1.59. The van der Waals surface area contributed by atoms with E-state index in [1.165, 1.54) is 7.11 Å². The third-order valence-corrected chi connectivity index (χ3v) is 5.63. The number of fused-ring (bicyclic) bond motifs is 1. The van der Waals surface area contributed by atoms with Crippen molar-refractivity contribution in [2.24, 2.45) is 0 Å². The minimum absolute atomic E-state index is 0.116. The summed E-state index contributed by atoms with van der Waals surface area (Å²) in [6.45, 7) is 0.670. The molecule has 0 aromatic heterocycles. The molecule has 1 aliphatic rings. The Labute approximate surface area is 181 Å². The summed E-state index contributed by atoms with van der Waals surface area (Å²) in [6, 6.07) is 20.7. The highest BCUT2D eigenvalue weighted by atomic mass is 16.5. The van der Waals surface area contributed by atoms with Crippen molar-refractivity contribution in [1.82, 2.24) is 4.90 Å². The van der Waals surface area contributed by atoms with Gasteiger partial charge in [-0.15, -0.1) is 0 Å². The summed E-state index contributed by atoms with van der Waals surface area (Å²) in [5.41, 5.74) is 10.1. The lowest BCUT2D eigenvalue weighted by Crippen LogP contribution is -2.46. The summed E-state index contributed by atoms with van der Waals surface area (Å²) in [7, 11) is 1.53. The van der Waals surface area contributed by atoms with E-state index in [4.69, 9.17) is 15.2 Å². The van der Waals surface area contributed by atoms with Gasteiger partial charge >= 0.3 is 0 Å². The Bertz CT molecular complexity index is 1070. The molecule has 3 aromatic carbocycles. The summed E-state index contributed by atoms with van der Waals surface area (Å²) in [5.74, 6) is 0.675. The highest BCUT2D eigenvalue weighted by Gasteiger charge is 2.31. The molecule has 1 unspecified atom stereocenters. The van der Waals surface area contributed by atoms with E-state index in [0.29, 0.717) is 42.3 Å². The quantitative estimate of drug-likeness (QED) is 0.599. The number of rotatable bonds is 6. The van der Waals surface area contributed by atoms with Gasteiger partial charge in [0.2, 0.25) is 0 Å². The third kappa shape index (κ3) is 4.34. The van der Waals surface area contributed by atoms with Crippen LogP contribution in [0.5, 0.6) is 11.5 Å². The predicted molar refractivity (Wildman–Crippen MR) is 119 cm³/mol. The number of carbonyl (C=O) groups is 1. The van der Waals surface area contributed by atoms with Crippen LogP contribution in [0.3, 0.4) is 0 Å². The monoisotopic (exact) mass is 418 g/mol. The molecule has 3 N–H and O–H groups in total. The van der Waals surface area contributed by atoms with Gasteiger partial charge in [-0.25, -0.2) is 0 Å². The molecule has 6 nitrogen and oxygen atoms in total. The molecular weight excluding hydrogens is 392 g/mol. The van der Waals surface area contributed by atoms with Crippen molar-refractivity contribution in [2.45, 2.75) is 25.6 Å². The number of nitrogens with zero attached hydrogens (tertiary/aromatic N) is 1. The summed E-state index contributed by atoms with van der Waals surface area (Å²) in [6.07, 6.45) is 0.605. The van der Waals surface area contributed by atoms with Crippen molar-refractivity contribution in [3.8, 4) is 11.5 Å². The minimum Gasteiger partial charge on any atom is -0.493 e. The van der Waals surface area contributed by atoms with Crippen molar-refractivity contribution in [3.63, 3.8) is 0 Å². The van der Waals surface area contributed by atoms with E-state index in [-0.39, 0.29) is 18.6 Å². The van der Waals surface area contributed by atoms with Gasteiger partial charge in [0, 0.05) is 18.3 Å². The van der Waals surface area contributed by atoms with Gasteiger partial charge < -0.3 is 25.2 Å². The van der Waals surface area contributed by atoms with Crippen LogP contribution in [0, 0.1) is 0 Å². The lowest BCUT2D eigenvalue weighted by Gasteiger charge is -2.36. The van der Waals surface area contributed by atoms with E-state index >= 15 is 0 Å². The summed E-state index contributed by atoms with van der Waals surface area (Å²) in [4.78, 5) is 15.1. The number of hydrogen-bond donors (Lipinski definition) is 2. The molecule has 1 heterocycles. The van der Waals surface area contributed by atoms with Gasteiger partial charge in [-0.2, -0.15) is 0 Å². The van der Waals surface area contributed by atoms with Crippen molar-refractivity contribution in [1.29, 1.82) is 0 Å². The zero-order chi connectivity index (χ0) is 21.8. The SMILES string of the molecule is COc1cc(C(=O)N2Cc3ccccc3CC2CO)c(N)cc1OCc1ccccc1. The number of ether oxygens (including phenoxy) is 2. The molecule has 6 heteroatoms. The average molecular weight is 418 g/mol. The maximum atomic E-state index is 13.4. The zero-order valence-corrected chi connectivity index (χ0v) is 17.5. The van der Waals surface area contributed by atoms with Crippen LogP contribution in [0.25, 0.3) is 0 Å². The van der Waals surface area contributed by atoms with Gasteiger partial charge in [0.05, 0.1) is 25.3 Å². The molecule has 3 aromatic rings. The van der Waals surface area contributed by atoms with Gasteiger partial charge in [0.25, 0.3) is 5.91 Å². The average Bonchev–Trinajstić information content (AvgIpc) is 2.82. The molecule has 160 valence electrons. The molecule has 0 fully saturated rings. The lowest BCUT2D eigenvalue weighted by atomic mass is 9.93. The lowest BCUT2D eigenvalue weighted by molar-refractivity contribution is 0.0545. The van der Waals surface area contributed by atoms with Crippen LogP contribution < -0.4 is 15.2 Å². The summed E-state index contributed by atoms with van der Waals surface area (Å²) in [5, 5.41) is 9.91. The number of anilines is 1. The first-order valence-corrected chi connectivity index (χ1v) is 10.2. The van der Waals surface area contributed by atoms with Gasteiger partial charge in [0.15, 0.2) is 11.5 Å². The first-order chi connectivity index (χ1) is 15.1. The Kier molecular flexibility index (Phi) is 6.09. The second-order valence-electron chi connectivity index (χ2n) is 7.61. The first-order valence-electron chi connectivity index (χ1n) is 10.2. The van der Waals surface area contributed by atoms with E-state index in [1.807, 2.05) is 54.6 Å². The highest BCUT2D eigenvalue weighted by Crippen LogP contribution is 2.35. The normalized spacial score (nSPS) is 15.3. The first kappa shape index (κ1) is 20.8. The minimum atomic E-state index is -0.304. The van der Waals surface area contributed by atoms with Crippen molar-refractivity contribution in [2.75, 3.05) is 19.5 Å². The fourth-order valence-electron chi connectivity index (χ4n) is 3.91. The third-order valence-electron chi connectivity index (χ3n) is 5.63. The van der Waals surface area contributed by atoms with Gasteiger partial charge in [-0.05, 0) is 29.2 Å². The van der Waals surface area contributed by atoms with E-state index in [1.54, 1.807) is 17.0 Å². The van der Waals surface area contributed by atoms with Crippen LogP contribution in [-0.2, 0) is 19.6 Å². The van der Waals surface area contributed by atoms with E-state index in [2.05, 4.69) is 0 Å². The molecule has 0 aliphatic carbocycles. The number of nitrogen functional groups attached to an aromatic ring is 1. The Morgan fingerprint density at radius 2 is 1.77 bits per heavy atom. The summed E-state index contributed by atoms with van der Waals surface area (Å²) < 4.78 is 11.4. The number of carbonyl (C=O) groups excluding carboxylic acids is 1. The molecule has 0 radical (unpaired) electrons. The van der Waals surface area contributed by atoms with Crippen molar-refractivity contribution < 1.29 is 19.4 Å². The van der Waals surface area contributed by atoms with Crippen molar-refractivity contribution in [3.05, 3.63) is 89.0 Å². The second-order valence-corrected chi connectivity index (χ2v) is 7.61. The summed E-state index contributed by atoms with van der Waals surface area (Å²) >= 11 is 0. The number of aliphatic hydroxyl groups is 1. The molecule has 1 amide bonds. The van der Waals surface area contributed by atoms with E-state index in [0.717, 1.165) is 16.7 Å². The van der Waals surface area contributed by atoms with Crippen LogP contribution in [0.1, 0.15) is 27.0 Å². The molecule has 0 bridgehead atoms. The number of benzene rings is 3. The molecule has 0 saturated carbocycles. The second kappa shape index (κ2) is 9.10. The van der Waals surface area contributed by atoms with Crippen LogP contribution in [-0.4, -0.2) is 35.7 Å². The molecule has 31 heavy (non-hydrogen) atoms. The van der Waals surface area contributed by atoms with Crippen LogP contribution in [0.2, 0.25) is 0 Å². The van der Waals surface area contributed by atoms with Crippen LogP contribution in [0.15, 0.2) is 66.7 Å². The largest absolute Gasteiger partial charge is 0.493 e. The number of hydrogen-bond acceptors (Lipinski definition) is 5. The maximum Gasteiger partial charge on any atom is 0.256 e. The van der Waals surface area contributed by atoms with Gasteiger partial charge in [-0.3, -0.25) is 4.79 Å². The Hall–Kier alpha value is -3.51. The standard InChI is InChI=1S/C25H26N2O4/c1-30-23-12-21(22(26)13-24(23)31-16-17-7-3-2-4-8-17)25(29)27-14-19-10-6-5-9-18(19)11-20(27)15-28/h2-10,12-13,20,28H,11,14-16,26H2,1H3. The highest BCUT2D eigenvalue weighted by molar-refractivity contribution is 6.00. The Morgan fingerprint density at radius 3 is 2.48 bits per heavy atom. The van der Waals surface area contributed by atoms with Crippen LogP contribution >= 0.6 is 0 Å². The maximum absolute atomic E-state index is 13.4. The van der Waals surface area contributed by atoms with E-state index in [9.17, 15) is 9.90 Å². The molecular formula is C25H26N2O4. The fraction of sp³-hybridized carbons (Fsp3) is 0.240. The molecule has 1 aliphatic heterocycles. The van der Waals surface area contributed by atoms with Crippen LogP contribution in [0.4, 0.5) is 5.69 Å². The predicted octanol–water partition coefficient (Wildman–Crippen LogP) is 3.42. The molecule has 0 saturated heterocycles. The zero-order valence-electron chi connectivity index (χ0n) is 17.5. The van der Waals surface area contributed by atoms with E-state index < -0.39 is 0 Å². The molecule has 0 spiro atoms. The fourth-order valence-corrected chi connectivity index (χ4v) is 3.91. The molecule has 1 atom stereocenters. The van der Waals surface area contributed by atoms with Gasteiger partial charge in [0.1, 0.15) is 6.61 Å². The smallest absolute Gasteiger partial charge is 0.256 e. The van der Waals surface area contributed by atoms with Crippen molar-refractivity contribution >= 4 is 11.6 Å². The number of methoxy groups -OCH3 is 1. The molecule has 4 rings (SSSR count). The number of amides is 1. The Morgan fingerprint density at radius 1 is 1.06 bits per heavy atom.